The van der Waals surface area contributed by atoms with Crippen LogP contribution in [0, 0.1) is 0 Å². The van der Waals surface area contributed by atoms with Crippen molar-refractivity contribution in [2.45, 2.75) is 39.5 Å². The summed E-state index contributed by atoms with van der Waals surface area (Å²) in [6.07, 6.45) is 5.36. The Morgan fingerprint density at radius 2 is 2.07 bits per heavy atom. The fraction of sp³-hybridized carbons (Fsp3) is 0.462. The molecule has 0 aliphatic rings. The lowest BCUT2D eigenvalue weighted by molar-refractivity contribution is 0.112. The number of unbranched alkanes of at least 4 members (excludes halogenated alkanes) is 1. The predicted octanol–water partition coefficient (Wildman–Crippen LogP) is 3.40. The van der Waals surface area contributed by atoms with Gasteiger partial charge in [-0.15, -0.1) is 0 Å². The molecule has 0 atom stereocenters. The zero-order chi connectivity index (χ0) is 10.4. The van der Waals surface area contributed by atoms with Crippen molar-refractivity contribution in [1.82, 2.24) is 0 Å². The van der Waals surface area contributed by atoms with Gasteiger partial charge in [0.25, 0.3) is 0 Å². The van der Waals surface area contributed by atoms with Gasteiger partial charge in [0.1, 0.15) is 6.29 Å². The molecule has 1 nitrogen and oxygen atoms in total. The molecule has 0 amide bonds. The molecular formula is C13H18O. The van der Waals surface area contributed by atoms with E-state index >= 15 is 0 Å². The minimum atomic E-state index is 0.857. The lowest BCUT2D eigenvalue weighted by Crippen LogP contribution is -1.95. The van der Waals surface area contributed by atoms with Crippen LogP contribution in [0.25, 0.3) is 0 Å². The zero-order valence-corrected chi connectivity index (χ0v) is 9.05. The molecule has 1 heteroatoms. The standard InChI is InChI=1S/C13H18O/c1-3-5-6-12-9-11(4-2)7-8-13(12)10-14/h7-10H,3-6H2,1-2H3. The van der Waals surface area contributed by atoms with Gasteiger partial charge in [-0.2, -0.15) is 0 Å². The molecule has 0 saturated carbocycles. The first kappa shape index (κ1) is 11.0. The summed E-state index contributed by atoms with van der Waals surface area (Å²) >= 11 is 0. The molecule has 0 heterocycles. The maximum absolute atomic E-state index is 10.8. The molecule has 0 aliphatic carbocycles. The molecule has 0 spiro atoms. The fourth-order valence-corrected chi connectivity index (χ4v) is 1.58. The second-order valence-corrected chi connectivity index (χ2v) is 3.61. The van der Waals surface area contributed by atoms with Gasteiger partial charge in [-0.25, -0.2) is 0 Å². The Balaban J connectivity index is 2.90. The van der Waals surface area contributed by atoms with Crippen LogP contribution in [0.4, 0.5) is 0 Å². The van der Waals surface area contributed by atoms with Crippen LogP contribution < -0.4 is 0 Å². The van der Waals surface area contributed by atoms with Gasteiger partial charge >= 0.3 is 0 Å². The normalized spacial score (nSPS) is 10.1. The Morgan fingerprint density at radius 1 is 1.29 bits per heavy atom. The molecule has 0 unspecified atom stereocenters. The van der Waals surface area contributed by atoms with E-state index < -0.39 is 0 Å². The van der Waals surface area contributed by atoms with Gasteiger partial charge in [0, 0.05) is 5.56 Å². The van der Waals surface area contributed by atoms with Gasteiger partial charge < -0.3 is 0 Å². The van der Waals surface area contributed by atoms with Crippen molar-refractivity contribution in [3.63, 3.8) is 0 Å². The zero-order valence-electron chi connectivity index (χ0n) is 9.05. The average molecular weight is 190 g/mol. The number of rotatable bonds is 5. The smallest absolute Gasteiger partial charge is 0.150 e. The SMILES string of the molecule is CCCCc1cc(CC)ccc1C=O. The molecule has 0 aromatic heterocycles. The van der Waals surface area contributed by atoms with Crippen molar-refractivity contribution >= 4 is 6.29 Å². The monoisotopic (exact) mass is 190 g/mol. The van der Waals surface area contributed by atoms with E-state index in [2.05, 4.69) is 19.9 Å². The van der Waals surface area contributed by atoms with Crippen molar-refractivity contribution in [2.24, 2.45) is 0 Å². The Kier molecular flexibility index (Phi) is 4.37. The maximum Gasteiger partial charge on any atom is 0.150 e. The third-order valence-corrected chi connectivity index (χ3v) is 2.54. The van der Waals surface area contributed by atoms with Gasteiger partial charge in [0.15, 0.2) is 0 Å². The van der Waals surface area contributed by atoms with Gasteiger partial charge in [0.2, 0.25) is 0 Å². The van der Waals surface area contributed by atoms with E-state index in [9.17, 15) is 4.79 Å². The minimum Gasteiger partial charge on any atom is -0.298 e. The van der Waals surface area contributed by atoms with E-state index in [1.807, 2.05) is 12.1 Å². The number of benzene rings is 1. The number of carbonyl (C=O) groups excluding carboxylic acids is 1. The Morgan fingerprint density at radius 3 is 2.64 bits per heavy atom. The van der Waals surface area contributed by atoms with Gasteiger partial charge in [-0.1, -0.05) is 38.5 Å². The number of hydrogen-bond acceptors (Lipinski definition) is 1. The maximum atomic E-state index is 10.8. The van der Waals surface area contributed by atoms with Gasteiger partial charge in [-0.3, -0.25) is 4.79 Å². The molecule has 0 fully saturated rings. The third-order valence-electron chi connectivity index (χ3n) is 2.54. The highest BCUT2D eigenvalue weighted by Gasteiger charge is 2.01. The highest BCUT2D eigenvalue weighted by atomic mass is 16.1. The summed E-state index contributed by atoms with van der Waals surface area (Å²) in [5, 5.41) is 0. The summed E-state index contributed by atoms with van der Waals surface area (Å²) in [7, 11) is 0. The van der Waals surface area contributed by atoms with Crippen LogP contribution in [0.2, 0.25) is 0 Å². The Labute approximate surface area is 86.1 Å². The van der Waals surface area contributed by atoms with Crippen molar-refractivity contribution in [2.75, 3.05) is 0 Å². The first-order valence-electron chi connectivity index (χ1n) is 5.38. The largest absolute Gasteiger partial charge is 0.298 e. The number of aryl methyl sites for hydroxylation is 2. The van der Waals surface area contributed by atoms with Crippen molar-refractivity contribution < 1.29 is 4.79 Å². The summed E-state index contributed by atoms with van der Waals surface area (Å²) < 4.78 is 0. The fourth-order valence-electron chi connectivity index (χ4n) is 1.58. The first-order valence-corrected chi connectivity index (χ1v) is 5.38. The average Bonchev–Trinajstić information content (AvgIpc) is 2.25. The van der Waals surface area contributed by atoms with E-state index in [1.54, 1.807) is 0 Å². The number of carbonyl (C=O) groups is 1. The van der Waals surface area contributed by atoms with Crippen LogP contribution in [0.15, 0.2) is 18.2 Å². The summed E-state index contributed by atoms with van der Waals surface area (Å²) in [5.74, 6) is 0. The van der Waals surface area contributed by atoms with Crippen LogP contribution in [-0.4, -0.2) is 6.29 Å². The first-order chi connectivity index (χ1) is 6.81. The molecule has 0 radical (unpaired) electrons. The highest BCUT2D eigenvalue weighted by Crippen LogP contribution is 2.13. The third kappa shape index (κ3) is 2.69. The van der Waals surface area contributed by atoms with E-state index in [-0.39, 0.29) is 0 Å². The molecule has 1 aromatic carbocycles. The topological polar surface area (TPSA) is 17.1 Å². The van der Waals surface area contributed by atoms with E-state index in [4.69, 9.17) is 0 Å². The second-order valence-electron chi connectivity index (χ2n) is 3.61. The molecule has 0 saturated heterocycles. The van der Waals surface area contributed by atoms with E-state index in [1.165, 1.54) is 17.5 Å². The van der Waals surface area contributed by atoms with Crippen molar-refractivity contribution in [3.05, 3.63) is 34.9 Å². The lowest BCUT2D eigenvalue weighted by Gasteiger charge is -2.06. The molecule has 1 rings (SSSR count). The molecule has 0 aliphatic heterocycles. The molecule has 0 N–H and O–H groups in total. The second kappa shape index (κ2) is 5.58. The quantitative estimate of drug-likeness (QED) is 0.650. The predicted molar refractivity (Wildman–Crippen MR) is 59.8 cm³/mol. The number of hydrogen-bond donors (Lipinski definition) is 0. The summed E-state index contributed by atoms with van der Waals surface area (Å²) in [5.41, 5.74) is 3.39. The lowest BCUT2D eigenvalue weighted by atomic mass is 9.99. The Hall–Kier alpha value is -1.11. The Bertz CT molecular complexity index is 302. The van der Waals surface area contributed by atoms with Gasteiger partial charge in [0.05, 0.1) is 0 Å². The van der Waals surface area contributed by atoms with Crippen LogP contribution in [-0.2, 0) is 12.8 Å². The minimum absolute atomic E-state index is 0.857. The van der Waals surface area contributed by atoms with Crippen molar-refractivity contribution in [1.29, 1.82) is 0 Å². The summed E-state index contributed by atoms with van der Waals surface area (Å²) in [4.78, 5) is 10.8. The molecular weight excluding hydrogens is 172 g/mol. The van der Waals surface area contributed by atoms with Crippen molar-refractivity contribution in [3.8, 4) is 0 Å². The summed E-state index contributed by atoms with van der Waals surface area (Å²) in [6, 6.07) is 6.15. The summed E-state index contributed by atoms with van der Waals surface area (Å²) in [6.45, 7) is 4.31. The number of aldehydes is 1. The van der Waals surface area contributed by atoms with Crippen LogP contribution in [0.1, 0.15) is 48.2 Å². The van der Waals surface area contributed by atoms with E-state index in [0.29, 0.717) is 0 Å². The molecule has 1 aromatic rings. The van der Waals surface area contributed by atoms with Crippen LogP contribution in [0.5, 0.6) is 0 Å². The molecule has 14 heavy (non-hydrogen) atoms. The van der Waals surface area contributed by atoms with Gasteiger partial charge in [-0.05, 0) is 30.4 Å². The van der Waals surface area contributed by atoms with Crippen LogP contribution in [0.3, 0.4) is 0 Å². The van der Waals surface area contributed by atoms with E-state index in [0.717, 1.165) is 31.1 Å². The van der Waals surface area contributed by atoms with Crippen LogP contribution >= 0.6 is 0 Å². The molecule has 0 bridgehead atoms. The molecule has 76 valence electrons. The highest BCUT2D eigenvalue weighted by molar-refractivity contribution is 5.77.